The third kappa shape index (κ3) is 35.9. The molecule has 19 nitrogen and oxygen atoms in total. The Bertz CT molecular complexity index is 4810. The molecule has 2 amide bonds. The predicted molar refractivity (Wildman–Crippen MR) is 475 cm³/mol. The second kappa shape index (κ2) is 51.7. The zero-order chi connectivity index (χ0) is 82.9. The highest BCUT2D eigenvalue weighted by atomic mass is 79.9. The van der Waals surface area contributed by atoms with Crippen molar-refractivity contribution in [3.63, 3.8) is 0 Å². The molecule has 0 radical (unpaired) electrons. The summed E-state index contributed by atoms with van der Waals surface area (Å²) in [6.07, 6.45) is 19.6. The number of anilines is 2. The minimum Gasteiger partial charge on any atom is -0.507 e. The second-order valence-electron chi connectivity index (χ2n) is 26.0. The monoisotopic (exact) mass is 1640 g/mol. The van der Waals surface area contributed by atoms with E-state index in [0.29, 0.717) is 24.3 Å². The van der Waals surface area contributed by atoms with Crippen molar-refractivity contribution in [1.82, 2.24) is 0 Å². The van der Waals surface area contributed by atoms with Crippen LogP contribution in [0.4, 0.5) is 39.8 Å². The van der Waals surface area contributed by atoms with Crippen LogP contribution in [0.5, 0.6) is 23.0 Å². The van der Waals surface area contributed by atoms with Crippen molar-refractivity contribution in [1.29, 1.82) is 0 Å². The molecule has 0 fully saturated rings. The lowest BCUT2D eigenvalue weighted by molar-refractivity contribution is -0.116. The third-order valence-electron chi connectivity index (χ3n) is 16.6. The van der Waals surface area contributed by atoms with Gasteiger partial charge < -0.3 is 45.3 Å². The summed E-state index contributed by atoms with van der Waals surface area (Å²) in [6.45, 7) is 12.6. The molecule has 0 heterocycles. The molecule has 21 heteroatoms. The molecular weight excluding hydrogens is 1540 g/mol. The summed E-state index contributed by atoms with van der Waals surface area (Å²) in [5.74, 6) is 0.263. The predicted octanol–water partition coefficient (Wildman–Crippen LogP) is 23.8. The van der Waals surface area contributed by atoms with Crippen molar-refractivity contribution in [2.75, 3.05) is 36.2 Å². The van der Waals surface area contributed by atoms with Crippen molar-refractivity contribution < 1.29 is 58.6 Å². The molecule has 0 saturated heterocycles. The highest BCUT2D eigenvalue weighted by Gasteiger charge is 2.08. The number of aliphatic imine (C=N–C) groups is 5. The first-order valence-electron chi connectivity index (χ1n) is 38.3. The molecule has 0 unspecified atom stereocenters. The number of unbranched alkanes of at least 4 members (excludes halogenated alkanes) is 6. The van der Waals surface area contributed by atoms with Gasteiger partial charge in [0.05, 0.1) is 70.7 Å². The van der Waals surface area contributed by atoms with E-state index < -0.39 is 17.9 Å². The zero-order valence-corrected chi connectivity index (χ0v) is 68.2. The molecule has 11 rings (SSSR count). The normalized spacial score (nSPS) is 10.8. The standard InChI is InChI=1S/C21H17BrN2O2S.2C20H23NO3.C17H18N2O.C17H17NO3/c22-16-5-7-18(8-6-16)24-21(26)14-27-19-11-9-17(10-12-19)23-13-15-3-1-2-4-20(15)25;1-2-3-4-5-14-24-19-12-6-16(7-13-19)15-21-18-10-8-17(9-11-18)20(22)23;1-2-3-4-5-14-24-19-12-10-18(11-13-19)21-15-16-6-8-17(9-7-16)20(22)23;1-3-17(20)19-16-10-8-15(9-11-16)18-12-14-6-4-13(2)5-7-14;1-2-11-21-16-9-7-15(8-10-16)18-12-13-3-5-14(6-4-13)17(19)20/h1-13,25H,14H2,(H,24,26);2*6-13,15H,2-5,14H2,1H3,(H,22,23);4-12H,3H2,1-2H3,(H,19,20);3-10,12H,2,11H2,1H3,(H,19,20). The molecule has 0 spiro atoms. The summed E-state index contributed by atoms with van der Waals surface area (Å²) in [4.78, 5) is 78.5. The van der Waals surface area contributed by atoms with E-state index in [-0.39, 0.29) is 34.3 Å². The van der Waals surface area contributed by atoms with E-state index in [0.717, 1.165) is 121 Å². The average molecular weight is 1640 g/mol. The quantitative estimate of drug-likeness (QED) is 0.0124. The lowest BCUT2D eigenvalue weighted by atomic mass is 10.1. The van der Waals surface area contributed by atoms with Crippen molar-refractivity contribution in [3.05, 3.63) is 321 Å². The molecule has 0 saturated carbocycles. The summed E-state index contributed by atoms with van der Waals surface area (Å²) >= 11 is 4.83. The van der Waals surface area contributed by atoms with Crippen molar-refractivity contribution in [3.8, 4) is 23.0 Å². The van der Waals surface area contributed by atoms with Gasteiger partial charge in [-0.25, -0.2) is 14.4 Å². The number of hydrogen-bond acceptors (Lipinski definition) is 15. The van der Waals surface area contributed by atoms with E-state index in [1.54, 1.807) is 116 Å². The summed E-state index contributed by atoms with van der Waals surface area (Å²) < 4.78 is 17.9. The molecule has 6 N–H and O–H groups in total. The number of benzene rings is 11. The fourth-order valence-corrected chi connectivity index (χ4v) is 11.0. The van der Waals surface area contributed by atoms with Gasteiger partial charge in [0.2, 0.25) is 11.8 Å². The number of hydrogen-bond donors (Lipinski definition) is 6. The summed E-state index contributed by atoms with van der Waals surface area (Å²) in [7, 11) is 0. The second-order valence-corrected chi connectivity index (χ2v) is 27.9. The van der Waals surface area contributed by atoms with Gasteiger partial charge in [0.1, 0.15) is 23.0 Å². The van der Waals surface area contributed by atoms with Crippen LogP contribution in [0.3, 0.4) is 0 Å². The van der Waals surface area contributed by atoms with Gasteiger partial charge in [0.25, 0.3) is 0 Å². The van der Waals surface area contributed by atoms with E-state index in [1.165, 1.54) is 55.9 Å². The first-order chi connectivity index (χ1) is 56.3. The topological polar surface area (TPSA) is 280 Å². The maximum absolute atomic E-state index is 12.0. The highest BCUT2D eigenvalue weighted by molar-refractivity contribution is 9.10. The molecule has 0 bridgehead atoms. The molecule has 0 aliphatic rings. The Morgan fingerprint density at radius 1 is 0.371 bits per heavy atom. The number of thioether (sulfide) groups is 1. The number of rotatable bonds is 34. The Morgan fingerprint density at radius 3 is 1.10 bits per heavy atom. The Kier molecular flexibility index (Phi) is 40.3. The first kappa shape index (κ1) is 90.3. The SMILES string of the molecule is CCC(=O)Nc1ccc(N=Cc2ccc(C)cc2)cc1.CCCCCCOc1ccc(C=Nc2ccc(C(=O)O)cc2)cc1.CCCCCCOc1ccc(N=Cc2ccc(C(=O)O)cc2)cc1.CCCOc1ccc(N=Cc2ccc(C(=O)O)cc2)cc1.O=C(CSc1ccc(N=Cc2ccccc2O)cc1)Nc1ccc(Br)cc1. The van der Waals surface area contributed by atoms with Crippen LogP contribution >= 0.6 is 27.7 Å². The first-order valence-corrected chi connectivity index (χ1v) is 40.0. The molecule has 0 atom stereocenters. The number of carbonyl (C=O) groups excluding carboxylic acids is 2. The number of nitrogens with zero attached hydrogens (tertiary/aromatic N) is 5. The van der Waals surface area contributed by atoms with Gasteiger partial charge in [-0.15, -0.1) is 11.8 Å². The van der Waals surface area contributed by atoms with Gasteiger partial charge in [-0.1, -0.05) is 148 Å². The number of carbonyl (C=O) groups is 5. The van der Waals surface area contributed by atoms with Gasteiger partial charge in [-0.05, 0) is 255 Å². The number of phenolic OH excluding ortho intramolecular Hbond substituents is 1. The van der Waals surface area contributed by atoms with Crippen molar-refractivity contribution in [2.24, 2.45) is 25.0 Å². The molecule has 116 heavy (non-hydrogen) atoms. The average Bonchev–Trinajstić information content (AvgIpc) is 0.896. The zero-order valence-electron chi connectivity index (χ0n) is 65.8. The van der Waals surface area contributed by atoms with Gasteiger partial charge in [-0.3, -0.25) is 34.6 Å². The van der Waals surface area contributed by atoms with E-state index in [1.807, 2.05) is 177 Å². The largest absolute Gasteiger partial charge is 0.507 e. The minimum absolute atomic E-state index is 0.0147. The van der Waals surface area contributed by atoms with Crippen LogP contribution in [0.25, 0.3) is 0 Å². The number of aromatic carboxylic acids is 3. The number of phenols is 1. The summed E-state index contributed by atoms with van der Waals surface area (Å²) in [5.41, 5.74) is 12.0. The van der Waals surface area contributed by atoms with E-state index in [4.69, 9.17) is 29.5 Å². The third-order valence-corrected chi connectivity index (χ3v) is 18.2. The van der Waals surface area contributed by atoms with Gasteiger partial charge in [0, 0.05) is 63.8 Å². The van der Waals surface area contributed by atoms with E-state index in [2.05, 4.69) is 91.4 Å². The van der Waals surface area contributed by atoms with Crippen LogP contribution in [-0.2, 0) is 9.59 Å². The smallest absolute Gasteiger partial charge is 0.335 e. The summed E-state index contributed by atoms with van der Waals surface area (Å²) in [5, 5.41) is 42.0. The molecule has 0 aromatic heterocycles. The Morgan fingerprint density at radius 2 is 0.707 bits per heavy atom. The van der Waals surface area contributed by atoms with Crippen LogP contribution in [0, 0.1) is 6.92 Å². The van der Waals surface area contributed by atoms with Crippen LogP contribution in [0.2, 0.25) is 0 Å². The van der Waals surface area contributed by atoms with E-state index in [9.17, 15) is 29.1 Å². The molecule has 0 aliphatic carbocycles. The molecule has 598 valence electrons. The number of para-hydroxylation sites is 1. The number of nitrogens with one attached hydrogen (secondary N) is 2. The Labute approximate surface area is 692 Å². The number of ether oxygens (including phenoxy) is 3. The van der Waals surface area contributed by atoms with E-state index >= 15 is 0 Å². The highest BCUT2D eigenvalue weighted by Crippen LogP contribution is 2.26. The minimum atomic E-state index is -0.934. The summed E-state index contributed by atoms with van der Waals surface area (Å²) in [6, 6.07) is 80.4. The van der Waals surface area contributed by atoms with Gasteiger partial charge in [0.15, 0.2) is 0 Å². The fraction of sp³-hybridized carbons (Fsp3) is 0.200. The Balaban J connectivity index is 0.000000201. The van der Waals surface area contributed by atoms with Crippen LogP contribution in [0.15, 0.2) is 301 Å². The fourth-order valence-electron chi connectivity index (χ4n) is 10.1. The Hall–Kier alpha value is -12.9. The lowest BCUT2D eigenvalue weighted by Crippen LogP contribution is -2.13. The van der Waals surface area contributed by atoms with Crippen LogP contribution in [-0.4, -0.2) is 107 Å². The van der Waals surface area contributed by atoms with Gasteiger partial charge in [-0.2, -0.15) is 0 Å². The number of amides is 2. The maximum atomic E-state index is 12.0. The molecule has 0 aliphatic heterocycles. The van der Waals surface area contributed by atoms with Crippen LogP contribution in [0.1, 0.15) is 156 Å². The lowest BCUT2D eigenvalue weighted by Gasteiger charge is -2.05. The van der Waals surface area contributed by atoms with Crippen LogP contribution < -0.4 is 24.8 Å². The van der Waals surface area contributed by atoms with Crippen molar-refractivity contribution >= 4 is 128 Å². The maximum Gasteiger partial charge on any atom is 0.335 e. The molecular formula is C95H98BrN7O12S. The number of aryl methyl sites for hydroxylation is 1. The number of halogens is 1. The number of carboxylic acids is 3. The molecule has 11 aromatic carbocycles. The molecule has 11 aromatic rings. The van der Waals surface area contributed by atoms with Gasteiger partial charge >= 0.3 is 17.9 Å². The van der Waals surface area contributed by atoms with Crippen molar-refractivity contribution in [2.45, 2.75) is 104 Å². The number of carboxylic acid groups (broad SMARTS) is 3. The number of aromatic hydroxyl groups is 1.